The molecule has 0 spiro atoms. The van der Waals surface area contributed by atoms with Gasteiger partial charge in [0.2, 0.25) is 0 Å². The van der Waals surface area contributed by atoms with Crippen LogP contribution in [-0.4, -0.2) is 28.6 Å². The molecule has 1 aliphatic rings. The first kappa shape index (κ1) is 16.2. The number of carboxylic acids is 1. The van der Waals surface area contributed by atoms with Crippen LogP contribution in [0.4, 0.5) is 4.79 Å². The third kappa shape index (κ3) is 4.36. The van der Waals surface area contributed by atoms with E-state index < -0.39 is 17.9 Å². The molecule has 6 heteroatoms. The molecule has 0 aliphatic heterocycles. The standard InChI is InChI=1S/C14H22N2O4/c1-9(10(2)12(18)19)11(17)15-13(20)16-14(3)7-5-4-6-8-14/h4-8H2,1-3H3,(H,18,19)(H2,15,16,17,20). The molecule has 1 aliphatic carbocycles. The molecule has 6 nitrogen and oxygen atoms in total. The van der Waals surface area contributed by atoms with Gasteiger partial charge in [0.15, 0.2) is 0 Å². The van der Waals surface area contributed by atoms with Crippen LogP contribution < -0.4 is 10.6 Å². The van der Waals surface area contributed by atoms with Crippen molar-refractivity contribution in [2.45, 2.75) is 58.4 Å². The topological polar surface area (TPSA) is 95.5 Å². The summed E-state index contributed by atoms with van der Waals surface area (Å²) in [7, 11) is 0. The summed E-state index contributed by atoms with van der Waals surface area (Å²) < 4.78 is 0. The Bertz CT molecular complexity index is 448. The van der Waals surface area contributed by atoms with Gasteiger partial charge in [-0.15, -0.1) is 0 Å². The molecule has 3 amide bonds. The molecule has 0 bridgehead atoms. The molecule has 1 rings (SSSR count). The third-order valence-electron chi connectivity index (χ3n) is 3.82. The highest BCUT2D eigenvalue weighted by Gasteiger charge is 2.29. The first-order chi connectivity index (χ1) is 9.25. The average molecular weight is 282 g/mol. The van der Waals surface area contributed by atoms with E-state index in [0.717, 1.165) is 32.1 Å². The molecule has 0 aromatic carbocycles. The molecule has 0 heterocycles. The Hall–Kier alpha value is -1.85. The SMILES string of the molecule is CC(C(=O)O)=C(C)C(=O)NC(=O)NC1(C)CCCCC1. The number of rotatable bonds is 3. The summed E-state index contributed by atoms with van der Waals surface area (Å²) in [6.45, 7) is 4.67. The molecule has 0 saturated heterocycles. The van der Waals surface area contributed by atoms with Crippen LogP contribution >= 0.6 is 0 Å². The summed E-state index contributed by atoms with van der Waals surface area (Å²) in [5.41, 5.74) is -0.331. The Labute approximate surface area is 118 Å². The van der Waals surface area contributed by atoms with Crippen molar-refractivity contribution >= 4 is 17.9 Å². The van der Waals surface area contributed by atoms with Gasteiger partial charge in [-0.05, 0) is 33.6 Å². The molecule has 1 saturated carbocycles. The van der Waals surface area contributed by atoms with Crippen LogP contribution in [0.25, 0.3) is 0 Å². The second-order valence-electron chi connectivity index (χ2n) is 5.58. The summed E-state index contributed by atoms with van der Waals surface area (Å²) in [5.74, 6) is -1.85. The van der Waals surface area contributed by atoms with Crippen molar-refractivity contribution in [1.82, 2.24) is 10.6 Å². The van der Waals surface area contributed by atoms with Crippen molar-refractivity contribution in [1.29, 1.82) is 0 Å². The van der Waals surface area contributed by atoms with Crippen LogP contribution in [0.3, 0.4) is 0 Å². The minimum absolute atomic E-state index is 0.0291. The lowest BCUT2D eigenvalue weighted by molar-refractivity contribution is -0.133. The molecule has 1 fully saturated rings. The Kier molecular flexibility index (Phi) is 5.30. The lowest BCUT2D eigenvalue weighted by Crippen LogP contribution is -2.52. The second kappa shape index (κ2) is 6.54. The van der Waals surface area contributed by atoms with E-state index in [9.17, 15) is 14.4 Å². The van der Waals surface area contributed by atoms with E-state index in [1.165, 1.54) is 13.8 Å². The summed E-state index contributed by atoms with van der Waals surface area (Å²) in [4.78, 5) is 34.3. The second-order valence-corrected chi connectivity index (χ2v) is 5.58. The van der Waals surface area contributed by atoms with E-state index in [0.29, 0.717) is 0 Å². The van der Waals surface area contributed by atoms with Crippen LogP contribution in [0.5, 0.6) is 0 Å². The monoisotopic (exact) mass is 282 g/mol. The number of hydrogen-bond donors (Lipinski definition) is 3. The molecular formula is C14H22N2O4. The van der Waals surface area contributed by atoms with Crippen LogP contribution in [0.1, 0.15) is 52.9 Å². The maximum absolute atomic E-state index is 11.8. The number of urea groups is 1. The molecule has 0 aromatic rings. The number of amides is 3. The highest BCUT2D eigenvalue weighted by molar-refractivity contribution is 6.07. The van der Waals surface area contributed by atoms with Gasteiger partial charge < -0.3 is 10.4 Å². The molecule has 0 aromatic heterocycles. The van der Waals surface area contributed by atoms with Crippen molar-refractivity contribution in [2.24, 2.45) is 0 Å². The molecule has 0 radical (unpaired) electrons. The number of aliphatic carboxylic acids is 1. The number of hydrogen-bond acceptors (Lipinski definition) is 3. The van der Waals surface area contributed by atoms with Crippen LogP contribution in [0.15, 0.2) is 11.1 Å². The average Bonchev–Trinajstić information content (AvgIpc) is 2.36. The maximum atomic E-state index is 11.8. The van der Waals surface area contributed by atoms with Gasteiger partial charge in [0, 0.05) is 16.7 Å². The van der Waals surface area contributed by atoms with E-state index in [1.807, 2.05) is 6.92 Å². The summed E-state index contributed by atoms with van der Waals surface area (Å²) in [6.07, 6.45) is 5.05. The van der Waals surface area contributed by atoms with Gasteiger partial charge in [-0.3, -0.25) is 10.1 Å². The Balaban J connectivity index is 2.60. The van der Waals surface area contributed by atoms with Gasteiger partial charge >= 0.3 is 12.0 Å². The minimum Gasteiger partial charge on any atom is -0.478 e. The minimum atomic E-state index is -1.17. The first-order valence-electron chi connectivity index (χ1n) is 6.79. The number of nitrogens with one attached hydrogen (secondary N) is 2. The van der Waals surface area contributed by atoms with Gasteiger partial charge in [0.25, 0.3) is 5.91 Å². The predicted octanol–water partition coefficient (Wildman–Crippen LogP) is 1.96. The number of carbonyl (C=O) groups excluding carboxylic acids is 2. The largest absolute Gasteiger partial charge is 0.478 e. The molecule has 20 heavy (non-hydrogen) atoms. The zero-order valence-electron chi connectivity index (χ0n) is 12.2. The fourth-order valence-corrected chi connectivity index (χ4v) is 2.29. The molecule has 0 atom stereocenters. The third-order valence-corrected chi connectivity index (χ3v) is 3.82. The van der Waals surface area contributed by atoms with Gasteiger partial charge in [-0.25, -0.2) is 9.59 Å². The van der Waals surface area contributed by atoms with Gasteiger partial charge in [-0.2, -0.15) is 0 Å². The van der Waals surface area contributed by atoms with E-state index in [4.69, 9.17) is 5.11 Å². The van der Waals surface area contributed by atoms with Gasteiger partial charge in [0.1, 0.15) is 0 Å². The summed E-state index contributed by atoms with van der Waals surface area (Å²) in [6, 6.07) is -0.572. The van der Waals surface area contributed by atoms with Gasteiger partial charge in [0.05, 0.1) is 0 Å². The van der Waals surface area contributed by atoms with Crippen molar-refractivity contribution in [3.8, 4) is 0 Å². The molecule has 112 valence electrons. The van der Waals surface area contributed by atoms with Crippen molar-refractivity contribution in [2.75, 3.05) is 0 Å². The van der Waals surface area contributed by atoms with E-state index in [2.05, 4.69) is 10.6 Å². The zero-order valence-corrected chi connectivity index (χ0v) is 12.2. The van der Waals surface area contributed by atoms with Crippen LogP contribution in [0.2, 0.25) is 0 Å². The van der Waals surface area contributed by atoms with Crippen LogP contribution in [0, 0.1) is 0 Å². The quantitative estimate of drug-likeness (QED) is 0.689. The maximum Gasteiger partial charge on any atom is 0.331 e. The van der Waals surface area contributed by atoms with Gasteiger partial charge in [-0.1, -0.05) is 19.3 Å². The zero-order chi connectivity index (χ0) is 15.3. The number of carbonyl (C=O) groups is 3. The molecule has 3 N–H and O–H groups in total. The first-order valence-corrected chi connectivity index (χ1v) is 6.79. The van der Waals surface area contributed by atoms with Crippen LogP contribution in [-0.2, 0) is 9.59 Å². The smallest absolute Gasteiger partial charge is 0.331 e. The number of imide groups is 1. The summed E-state index contributed by atoms with van der Waals surface area (Å²) >= 11 is 0. The fourth-order valence-electron chi connectivity index (χ4n) is 2.29. The normalized spacial score (nSPS) is 18.8. The van der Waals surface area contributed by atoms with Crippen molar-refractivity contribution in [3.63, 3.8) is 0 Å². The van der Waals surface area contributed by atoms with E-state index in [1.54, 1.807) is 0 Å². The number of carboxylic acid groups (broad SMARTS) is 1. The summed E-state index contributed by atoms with van der Waals surface area (Å²) in [5, 5.41) is 13.8. The Morgan fingerprint density at radius 3 is 2.05 bits per heavy atom. The predicted molar refractivity (Wildman–Crippen MR) is 74.2 cm³/mol. The fraction of sp³-hybridized carbons (Fsp3) is 0.643. The van der Waals surface area contributed by atoms with E-state index >= 15 is 0 Å². The molecular weight excluding hydrogens is 260 g/mol. The van der Waals surface area contributed by atoms with Crippen molar-refractivity contribution < 1.29 is 19.5 Å². The lowest BCUT2D eigenvalue weighted by atomic mass is 9.83. The van der Waals surface area contributed by atoms with Crippen molar-refractivity contribution in [3.05, 3.63) is 11.1 Å². The molecule has 0 unspecified atom stereocenters. The Morgan fingerprint density at radius 1 is 1.00 bits per heavy atom. The highest BCUT2D eigenvalue weighted by Crippen LogP contribution is 2.27. The lowest BCUT2D eigenvalue weighted by Gasteiger charge is -2.34. The Morgan fingerprint density at radius 2 is 1.55 bits per heavy atom. The highest BCUT2D eigenvalue weighted by atomic mass is 16.4. The van der Waals surface area contributed by atoms with E-state index in [-0.39, 0.29) is 16.7 Å².